The number of nitrogens with one attached hydrogen (secondary N) is 1. The summed E-state index contributed by atoms with van der Waals surface area (Å²) < 4.78 is 10.6. The van der Waals surface area contributed by atoms with Crippen molar-refractivity contribution in [1.82, 2.24) is 5.32 Å². The highest BCUT2D eigenvalue weighted by Gasteiger charge is 2.13. The summed E-state index contributed by atoms with van der Waals surface area (Å²) in [6.45, 7) is 5.03. The van der Waals surface area contributed by atoms with Crippen LogP contribution in [-0.2, 0) is 11.3 Å². The molecule has 0 unspecified atom stereocenters. The maximum Gasteiger partial charge on any atom is 0.244 e. The fourth-order valence-electron chi connectivity index (χ4n) is 2.46. The molecule has 0 saturated heterocycles. The molecule has 4 heteroatoms. The number of hydrogen-bond acceptors (Lipinski definition) is 3. The van der Waals surface area contributed by atoms with Gasteiger partial charge in [0.05, 0.1) is 0 Å². The van der Waals surface area contributed by atoms with Gasteiger partial charge in [-0.3, -0.25) is 4.79 Å². The summed E-state index contributed by atoms with van der Waals surface area (Å²) in [6.07, 6.45) is 3.37. The van der Waals surface area contributed by atoms with Crippen LogP contribution in [-0.4, -0.2) is 12.7 Å². The van der Waals surface area contributed by atoms with Crippen molar-refractivity contribution in [3.63, 3.8) is 0 Å². The minimum atomic E-state index is -0.124. The Hall–Kier alpha value is -2.75. The lowest BCUT2D eigenvalue weighted by Crippen LogP contribution is -2.20. The summed E-state index contributed by atoms with van der Waals surface area (Å²) in [7, 11) is 0. The maximum atomic E-state index is 11.9. The third kappa shape index (κ3) is 3.96. The zero-order valence-corrected chi connectivity index (χ0v) is 13.9. The van der Waals surface area contributed by atoms with E-state index in [9.17, 15) is 4.79 Å². The number of carbonyl (C=O) groups is 1. The quantitative estimate of drug-likeness (QED) is 0.850. The van der Waals surface area contributed by atoms with E-state index in [2.05, 4.69) is 31.3 Å². The highest BCUT2D eigenvalue weighted by molar-refractivity contribution is 5.91. The Morgan fingerprint density at radius 2 is 1.88 bits per heavy atom. The van der Waals surface area contributed by atoms with Crippen molar-refractivity contribution in [2.45, 2.75) is 26.3 Å². The largest absolute Gasteiger partial charge is 0.454 e. The Bertz CT molecular complexity index is 748. The van der Waals surface area contributed by atoms with Gasteiger partial charge in [0.2, 0.25) is 12.7 Å². The smallest absolute Gasteiger partial charge is 0.244 e. The molecule has 0 bridgehead atoms. The third-order valence-corrected chi connectivity index (χ3v) is 3.93. The first-order valence-electron chi connectivity index (χ1n) is 8.06. The van der Waals surface area contributed by atoms with Crippen LogP contribution in [0.3, 0.4) is 0 Å². The first kappa shape index (κ1) is 16.1. The van der Waals surface area contributed by atoms with Gasteiger partial charge in [-0.2, -0.15) is 0 Å². The van der Waals surface area contributed by atoms with Crippen LogP contribution >= 0.6 is 0 Å². The molecule has 24 heavy (non-hydrogen) atoms. The Morgan fingerprint density at radius 1 is 1.12 bits per heavy atom. The summed E-state index contributed by atoms with van der Waals surface area (Å²) in [6, 6.07) is 13.9. The predicted molar refractivity (Wildman–Crippen MR) is 94.0 cm³/mol. The molecule has 3 rings (SSSR count). The van der Waals surface area contributed by atoms with Crippen molar-refractivity contribution in [2.75, 3.05) is 6.79 Å². The van der Waals surface area contributed by atoms with Crippen LogP contribution in [0.25, 0.3) is 6.08 Å². The van der Waals surface area contributed by atoms with Gasteiger partial charge >= 0.3 is 0 Å². The van der Waals surface area contributed by atoms with E-state index >= 15 is 0 Å². The summed E-state index contributed by atoms with van der Waals surface area (Å²) in [5.74, 6) is 1.85. The fraction of sp³-hybridized carbons (Fsp3) is 0.250. The second kappa shape index (κ2) is 7.21. The number of amides is 1. The van der Waals surface area contributed by atoms with E-state index in [1.54, 1.807) is 6.08 Å². The molecule has 0 aliphatic carbocycles. The van der Waals surface area contributed by atoms with Crippen molar-refractivity contribution < 1.29 is 14.3 Å². The average Bonchev–Trinajstić information content (AvgIpc) is 3.06. The van der Waals surface area contributed by atoms with E-state index in [1.807, 2.05) is 36.4 Å². The molecule has 1 aliphatic heterocycles. The summed E-state index contributed by atoms with van der Waals surface area (Å²) >= 11 is 0. The highest BCUT2D eigenvalue weighted by atomic mass is 16.7. The lowest BCUT2D eigenvalue weighted by atomic mass is 10.0. The zero-order valence-electron chi connectivity index (χ0n) is 13.9. The van der Waals surface area contributed by atoms with Crippen LogP contribution in [0.4, 0.5) is 0 Å². The molecule has 0 fully saturated rings. The second-order valence-electron chi connectivity index (χ2n) is 6.06. The molecule has 1 N–H and O–H groups in total. The number of rotatable bonds is 5. The van der Waals surface area contributed by atoms with Crippen LogP contribution in [0.15, 0.2) is 48.5 Å². The van der Waals surface area contributed by atoms with Gasteiger partial charge in [-0.25, -0.2) is 0 Å². The second-order valence-corrected chi connectivity index (χ2v) is 6.06. The molecule has 4 nitrogen and oxygen atoms in total. The van der Waals surface area contributed by atoms with Gasteiger partial charge in [0.1, 0.15) is 0 Å². The standard InChI is InChI=1S/C20H21NO3/c1-14(2)17-7-3-15(4-8-17)6-10-20(22)21-12-16-5-9-18-19(11-16)24-13-23-18/h3-11,14H,12-13H2,1-2H3,(H,21,22)/b10-6+. The Balaban J connectivity index is 1.53. The van der Waals surface area contributed by atoms with Gasteiger partial charge in [-0.15, -0.1) is 0 Å². The van der Waals surface area contributed by atoms with E-state index in [-0.39, 0.29) is 12.7 Å². The van der Waals surface area contributed by atoms with Crippen molar-refractivity contribution in [2.24, 2.45) is 0 Å². The fourth-order valence-corrected chi connectivity index (χ4v) is 2.46. The molecule has 0 spiro atoms. The highest BCUT2D eigenvalue weighted by Crippen LogP contribution is 2.32. The zero-order chi connectivity index (χ0) is 16.9. The monoisotopic (exact) mass is 323 g/mol. The molecular weight excluding hydrogens is 302 g/mol. The summed E-state index contributed by atoms with van der Waals surface area (Å²) in [4.78, 5) is 11.9. The van der Waals surface area contributed by atoms with Gasteiger partial charge in [0, 0.05) is 12.6 Å². The lowest BCUT2D eigenvalue weighted by molar-refractivity contribution is -0.116. The molecule has 2 aromatic carbocycles. The topological polar surface area (TPSA) is 47.6 Å². The minimum absolute atomic E-state index is 0.124. The van der Waals surface area contributed by atoms with E-state index in [4.69, 9.17) is 9.47 Å². The number of hydrogen-bond donors (Lipinski definition) is 1. The Morgan fingerprint density at radius 3 is 2.62 bits per heavy atom. The van der Waals surface area contributed by atoms with Crippen LogP contribution < -0.4 is 14.8 Å². The van der Waals surface area contributed by atoms with Gasteiger partial charge in [-0.05, 0) is 40.8 Å². The lowest BCUT2D eigenvalue weighted by Gasteiger charge is -2.05. The summed E-state index contributed by atoms with van der Waals surface area (Å²) in [5, 5.41) is 2.87. The molecule has 1 heterocycles. The SMILES string of the molecule is CC(C)c1ccc(/C=C/C(=O)NCc2ccc3c(c2)OCO3)cc1. The predicted octanol–water partition coefficient (Wildman–Crippen LogP) is 3.87. The van der Waals surface area contributed by atoms with Gasteiger partial charge in [-0.1, -0.05) is 44.2 Å². The minimum Gasteiger partial charge on any atom is -0.454 e. The molecule has 124 valence electrons. The van der Waals surface area contributed by atoms with E-state index in [1.165, 1.54) is 5.56 Å². The first-order chi connectivity index (χ1) is 11.6. The van der Waals surface area contributed by atoms with Gasteiger partial charge in [0.15, 0.2) is 11.5 Å². The van der Waals surface area contributed by atoms with E-state index in [0.29, 0.717) is 12.5 Å². The first-order valence-corrected chi connectivity index (χ1v) is 8.06. The van der Waals surface area contributed by atoms with Crippen molar-refractivity contribution in [3.05, 3.63) is 65.2 Å². The summed E-state index contributed by atoms with van der Waals surface area (Å²) in [5.41, 5.74) is 3.28. The van der Waals surface area contributed by atoms with Crippen molar-refractivity contribution in [3.8, 4) is 11.5 Å². The van der Waals surface area contributed by atoms with E-state index < -0.39 is 0 Å². The number of ether oxygens (including phenoxy) is 2. The number of benzene rings is 2. The molecule has 1 amide bonds. The van der Waals surface area contributed by atoms with E-state index in [0.717, 1.165) is 22.6 Å². The molecule has 0 atom stereocenters. The normalized spacial score (nSPS) is 12.8. The average molecular weight is 323 g/mol. The van der Waals surface area contributed by atoms with Crippen molar-refractivity contribution >= 4 is 12.0 Å². The number of carbonyl (C=O) groups excluding carboxylic acids is 1. The van der Waals surface area contributed by atoms with Crippen LogP contribution in [0.5, 0.6) is 11.5 Å². The van der Waals surface area contributed by atoms with Crippen LogP contribution in [0.2, 0.25) is 0 Å². The number of fused-ring (bicyclic) bond motifs is 1. The van der Waals surface area contributed by atoms with Gasteiger partial charge < -0.3 is 14.8 Å². The van der Waals surface area contributed by atoms with Crippen LogP contribution in [0, 0.1) is 0 Å². The maximum absolute atomic E-state index is 11.9. The Kier molecular flexibility index (Phi) is 4.85. The molecular formula is C20H21NO3. The molecule has 0 radical (unpaired) electrons. The van der Waals surface area contributed by atoms with Gasteiger partial charge in [0.25, 0.3) is 0 Å². The Labute approximate surface area is 142 Å². The molecule has 0 aromatic heterocycles. The molecule has 0 saturated carbocycles. The third-order valence-electron chi connectivity index (χ3n) is 3.93. The van der Waals surface area contributed by atoms with Crippen molar-refractivity contribution in [1.29, 1.82) is 0 Å². The molecule has 1 aliphatic rings. The van der Waals surface area contributed by atoms with Crippen LogP contribution in [0.1, 0.15) is 36.5 Å². The molecule has 2 aromatic rings.